The Bertz CT molecular complexity index is 357. The molecule has 1 rings (SSSR count). The highest BCUT2D eigenvalue weighted by molar-refractivity contribution is 5.97. The van der Waals surface area contributed by atoms with Gasteiger partial charge in [-0.05, 0) is 6.42 Å². The average molecular weight is 280 g/mol. The SMILES string of the molecule is CCCCN/C=C(/C#N)C(=O)NCCN1CCOCC1. The fourth-order valence-corrected chi connectivity index (χ4v) is 1.85. The van der Waals surface area contributed by atoms with Gasteiger partial charge < -0.3 is 15.4 Å². The summed E-state index contributed by atoms with van der Waals surface area (Å²) < 4.78 is 5.26. The van der Waals surface area contributed by atoms with Gasteiger partial charge in [-0.15, -0.1) is 0 Å². The van der Waals surface area contributed by atoms with E-state index in [-0.39, 0.29) is 11.5 Å². The Morgan fingerprint density at radius 1 is 1.40 bits per heavy atom. The van der Waals surface area contributed by atoms with Crippen LogP contribution in [0.1, 0.15) is 19.8 Å². The third kappa shape index (κ3) is 6.55. The number of nitriles is 1. The summed E-state index contributed by atoms with van der Waals surface area (Å²) in [6.45, 7) is 7.50. The van der Waals surface area contributed by atoms with Crippen molar-refractivity contribution in [3.63, 3.8) is 0 Å². The second kappa shape index (κ2) is 10.2. The molecule has 1 heterocycles. The van der Waals surface area contributed by atoms with Gasteiger partial charge in [-0.25, -0.2) is 0 Å². The number of amides is 1. The van der Waals surface area contributed by atoms with Crippen molar-refractivity contribution in [3.05, 3.63) is 11.8 Å². The molecule has 6 nitrogen and oxygen atoms in total. The highest BCUT2D eigenvalue weighted by Gasteiger charge is 2.11. The Morgan fingerprint density at radius 2 is 2.15 bits per heavy atom. The van der Waals surface area contributed by atoms with Crippen molar-refractivity contribution in [2.45, 2.75) is 19.8 Å². The Hall–Kier alpha value is -1.58. The molecular weight excluding hydrogens is 256 g/mol. The lowest BCUT2D eigenvalue weighted by Gasteiger charge is -2.26. The van der Waals surface area contributed by atoms with Crippen LogP contribution in [0.2, 0.25) is 0 Å². The van der Waals surface area contributed by atoms with E-state index in [1.54, 1.807) is 0 Å². The number of nitrogens with one attached hydrogen (secondary N) is 2. The van der Waals surface area contributed by atoms with Gasteiger partial charge in [0.1, 0.15) is 11.6 Å². The van der Waals surface area contributed by atoms with Gasteiger partial charge in [0.05, 0.1) is 13.2 Å². The molecule has 2 N–H and O–H groups in total. The summed E-state index contributed by atoms with van der Waals surface area (Å²) in [6.07, 6.45) is 3.60. The number of ether oxygens (including phenoxy) is 1. The lowest BCUT2D eigenvalue weighted by molar-refractivity contribution is -0.117. The zero-order valence-electron chi connectivity index (χ0n) is 12.2. The van der Waals surface area contributed by atoms with Crippen LogP contribution in [0.15, 0.2) is 11.8 Å². The Labute approximate surface area is 120 Å². The molecule has 1 saturated heterocycles. The molecule has 0 spiro atoms. The second-order valence-corrected chi connectivity index (χ2v) is 4.69. The van der Waals surface area contributed by atoms with Crippen molar-refractivity contribution in [1.82, 2.24) is 15.5 Å². The van der Waals surface area contributed by atoms with Crippen molar-refractivity contribution in [2.75, 3.05) is 45.9 Å². The highest BCUT2D eigenvalue weighted by Crippen LogP contribution is 1.96. The van der Waals surface area contributed by atoms with Crippen LogP contribution >= 0.6 is 0 Å². The van der Waals surface area contributed by atoms with Gasteiger partial charge in [0.25, 0.3) is 5.91 Å². The van der Waals surface area contributed by atoms with E-state index in [1.807, 2.05) is 6.07 Å². The normalized spacial score (nSPS) is 16.5. The lowest BCUT2D eigenvalue weighted by atomic mass is 10.3. The van der Waals surface area contributed by atoms with Gasteiger partial charge in [-0.3, -0.25) is 9.69 Å². The summed E-state index contributed by atoms with van der Waals surface area (Å²) >= 11 is 0. The average Bonchev–Trinajstić information content (AvgIpc) is 2.48. The molecule has 112 valence electrons. The number of nitrogens with zero attached hydrogens (tertiary/aromatic N) is 2. The maximum atomic E-state index is 11.8. The summed E-state index contributed by atoms with van der Waals surface area (Å²) in [4.78, 5) is 14.0. The minimum atomic E-state index is -0.315. The maximum absolute atomic E-state index is 11.8. The summed E-state index contributed by atoms with van der Waals surface area (Å²) in [5, 5.41) is 14.7. The molecule has 1 fully saturated rings. The molecule has 6 heteroatoms. The van der Waals surface area contributed by atoms with Crippen LogP contribution in [0, 0.1) is 11.3 Å². The topological polar surface area (TPSA) is 77.4 Å². The number of hydrogen-bond donors (Lipinski definition) is 2. The van der Waals surface area contributed by atoms with E-state index in [0.717, 1.165) is 52.2 Å². The molecule has 0 saturated carbocycles. The van der Waals surface area contributed by atoms with Gasteiger partial charge in [0.2, 0.25) is 0 Å². The van der Waals surface area contributed by atoms with Crippen LogP contribution < -0.4 is 10.6 Å². The van der Waals surface area contributed by atoms with Crippen LogP contribution in [0.5, 0.6) is 0 Å². The van der Waals surface area contributed by atoms with Gasteiger partial charge in [-0.2, -0.15) is 5.26 Å². The molecule has 1 aliphatic rings. The van der Waals surface area contributed by atoms with E-state index in [0.29, 0.717) is 6.54 Å². The number of rotatable bonds is 8. The molecule has 0 aromatic rings. The number of morpholine rings is 1. The largest absolute Gasteiger partial charge is 0.390 e. The smallest absolute Gasteiger partial charge is 0.263 e. The highest BCUT2D eigenvalue weighted by atomic mass is 16.5. The zero-order valence-corrected chi connectivity index (χ0v) is 12.2. The first-order chi connectivity index (χ1) is 9.77. The maximum Gasteiger partial charge on any atom is 0.263 e. The van der Waals surface area contributed by atoms with E-state index in [4.69, 9.17) is 10.00 Å². The van der Waals surface area contributed by atoms with E-state index in [2.05, 4.69) is 22.5 Å². The lowest BCUT2D eigenvalue weighted by Crippen LogP contribution is -2.41. The molecule has 0 atom stereocenters. The first-order valence-corrected chi connectivity index (χ1v) is 7.20. The third-order valence-corrected chi connectivity index (χ3v) is 3.10. The minimum Gasteiger partial charge on any atom is -0.390 e. The molecule has 0 radical (unpaired) electrons. The van der Waals surface area contributed by atoms with Crippen LogP contribution in [0.4, 0.5) is 0 Å². The summed E-state index contributed by atoms with van der Waals surface area (Å²) in [6, 6.07) is 1.92. The van der Waals surface area contributed by atoms with Crippen molar-refractivity contribution >= 4 is 5.91 Å². The molecule has 0 bridgehead atoms. The quantitative estimate of drug-likeness (QED) is 0.378. The number of hydrogen-bond acceptors (Lipinski definition) is 5. The fourth-order valence-electron chi connectivity index (χ4n) is 1.85. The summed E-state index contributed by atoms with van der Waals surface area (Å²) in [5.41, 5.74) is 0.128. The van der Waals surface area contributed by atoms with Crippen LogP contribution in [0.3, 0.4) is 0 Å². The molecular formula is C14H24N4O2. The van der Waals surface area contributed by atoms with Crippen molar-refractivity contribution in [1.29, 1.82) is 5.26 Å². The summed E-state index contributed by atoms with van der Waals surface area (Å²) in [7, 11) is 0. The Morgan fingerprint density at radius 3 is 2.80 bits per heavy atom. The van der Waals surface area contributed by atoms with E-state index in [9.17, 15) is 4.79 Å². The van der Waals surface area contributed by atoms with Crippen LogP contribution in [0.25, 0.3) is 0 Å². The number of unbranched alkanes of at least 4 members (excludes halogenated alkanes) is 1. The number of carbonyl (C=O) groups excluding carboxylic acids is 1. The van der Waals surface area contributed by atoms with Crippen LogP contribution in [-0.2, 0) is 9.53 Å². The Kier molecular flexibility index (Phi) is 8.43. The van der Waals surface area contributed by atoms with E-state index in [1.165, 1.54) is 6.20 Å². The van der Waals surface area contributed by atoms with Gasteiger partial charge >= 0.3 is 0 Å². The molecule has 0 aliphatic carbocycles. The molecule has 0 aromatic carbocycles. The Balaban J connectivity index is 2.23. The molecule has 1 amide bonds. The minimum absolute atomic E-state index is 0.128. The predicted molar refractivity (Wildman–Crippen MR) is 76.9 cm³/mol. The monoisotopic (exact) mass is 280 g/mol. The van der Waals surface area contributed by atoms with Gasteiger partial charge in [0, 0.05) is 38.9 Å². The third-order valence-electron chi connectivity index (χ3n) is 3.10. The molecule has 20 heavy (non-hydrogen) atoms. The standard InChI is InChI=1S/C14H24N4O2/c1-2-3-4-16-12-13(11-15)14(19)17-5-6-18-7-9-20-10-8-18/h12,16H,2-10H2,1H3,(H,17,19)/b13-12-. The molecule has 0 unspecified atom stereocenters. The van der Waals surface area contributed by atoms with Gasteiger partial charge in [0.15, 0.2) is 0 Å². The predicted octanol–water partition coefficient (Wildman–Crippen LogP) is 0.232. The molecule has 1 aliphatic heterocycles. The van der Waals surface area contributed by atoms with Crippen molar-refractivity contribution in [2.24, 2.45) is 0 Å². The van der Waals surface area contributed by atoms with E-state index < -0.39 is 0 Å². The van der Waals surface area contributed by atoms with Crippen molar-refractivity contribution in [3.8, 4) is 6.07 Å². The molecule has 0 aromatic heterocycles. The summed E-state index contributed by atoms with van der Waals surface area (Å²) in [5.74, 6) is -0.315. The van der Waals surface area contributed by atoms with Gasteiger partial charge in [-0.1, -0.05) is 13.3 Å². The van der Waals surface area contributed by atoms with Crippen molar-refractivity contribution < 1.29 is 9.53 Å². The van der Waals surface area contributed by atoms with E-state index >= 15 is 0 Å². The van der Waals surface area contributed by atoms with Crippen LogP contribution in [-0.4, -0.2) is 56.7 Å². The second-order valence-electron chi connectivity index (χ2n) is 4.69. The zero-order chi connectivity index (χ0) is 14.6. The first-order valence-electron chi connectivity index (χ1n) is 7.20. The first kappa shape index (κ1) is 16.5. The fraction of sp³-hybridized carbons (Fsp3) is 0.714. The number of carbonyl (C=O) groups is 1.